The molecule has 5 aliphatic heterocycles. The highest BCUT2D eigenvalue weighted by Gasteiger charge is 2.82. The molecule has 1 saturated carbocycles. The number of allylic oxidation sites excluding steroid dienone is 1. The average molecular weight is 396 g/mol. The minimum Gasteiger partial charge on any atom is -0.497 e. The number of fused-ring (bicyclic) bond motifs is 2. The molecule has 7 rings (SSSR count). The number of rotatable bonds is 2. The summed E-state index contributed by atoms with van der Waals surface area (Å²) in [6, 6.07) is 6.65. The van der Waals surface area contributed by atoms with Crippen molar-refractivity contribution >= 4 is 11.7 Å². The number of anilines is 1. The van der Waals surface area contributed by atoms with Gasteiger partial charge in [0, 0.05) is 42.7 Å². The second-order valence-corrected chi connectivity index (χ2v) is 9.42. The second-order valence-electron chi connectivity index (χ2n) is 9.42. The largest absolute Gasteiger partial charge is 0.497 e. The van der Waals surface area contributed by atoms with Gasteiger partial charge >= 0.3 is 5.97 Å². The summed E-state index contributed by atoms with van der Waals surface area (Å²) < 4.78 is 10.9. The topological polar surface area (TPSA) is 62.2 Å². The number of likely N-dealkylation sites (N-methyl/N-ethyl adjacent to an activating group) is 1. The third-order valence-electron chi connectivity index (χ3n) is 9.02. The van der Waals surface area contributed by atoms with Crippen molar-refractivity contribution in [3.05, 3.63) is 35.4 Å². The van der Waals surface area contributed by atoms with Crippen molar-refractivity contribution in [3.8, 4) is 5.75 Å². The van der Waals surface area contributed by atoms with Crippen molar-refractivity contribution < 1.29 is 19.4 Å². The lowest BCUT2D eigenvalue weighted by molar-refractivity contribution is -0.179. The van der Waals surface area contributed by atoms with Crippen molar-refractivity contribution in [2.24, 2.45) is 11.3 Å². The number of aliphatic hydroxyl groups is 1. The number of esters is 1. The fourth-order valence-electron chi connectivity index (χ4n) is 8.12. The molecule has 1 aliphatic carbocycles. The number of carbonyl (C=O) groups is 1. The lowest BCUT2D eigenvalue weighted by Crippen LogP contribution is -2.71. The Kier molecular flexibility index (Phi) is 3.28. The smallest absolute Gasteiger partial charge is 0.316 e. The van der Waals surface area contributed by atoms with Gasteiger partial charge in [-0.05, 0) is 43.5 Å². The predicted molar refractivity (Wildman–Crippen MR) is 108 cm³/mol. The van der Waals surface area contributed by atoms with Crippen LogP contribution in [0.1, 0.15) is 25.3 Å². The van der Waals surface area contributed by atoms with Gasteiger partial charge in [-0.15, -0.1) is 0 Å². The molecular weight excluding hydrogens is 368 g/mol. The first-order valence-corrected chi connectivity index (χ1v) is 10.6. The summed E-state index contributed by atoms with van der Waals surface area (Å²) in [7, 11) is 5.27. The number of nitrogens with zero attached hydrogens (tertiary/aromatic N) is 2. The molecule has 6 aliphatic rings. The third kappa shape index (κ3) is 1.62. The Morgan fingerprint density at radius 1 is 1.34 bits per heavy atom. The van der Waals surface area contributed by atoms with Crippen molar-refractivity contribution in [2.45, 2.75) is 49.4 Å². The van der Waals surface area contributed by atoms with E-state index < -0.39 is 16.9 Å². The van der Waals surface area contributed by atoms with Gasteiger partial charge < -0.3 is 19.5 Å². The van der Waals surface area contributed by atoms with Crippen LogP contribution in [0.25, 0.3) is 0 Å². The van der Waals surface area contributed by atoms with E-state index in [0.717, 1.165) is 36.4 Å². The standard InChI is InChI=1S/C23H28N2O4/c1-5-12-11-25-17-9-14(12)23(21(27)29-4)18(25)10-22(20(23)26)15-8-13(28-3)6-7-16(15)24(2)19(17)22/h5-8,14,17-20,26H,9-11H2,1-4H3/t14-,17-,18-,19+,20-,22+,23+/m0/s1. The van der Waals surface area contributed by atoms with Crippen LogP contribution in [0.2, 0.25) is 0 Å². The van der Waals surface area contributed by atoms with Gasteiger partial charge in [-0.25, -0.2) is 0 Å². The lowest BCUT2D eigenvalue weighted by Gasteiger charge is -2.61. The van der Waals surface area contributed by atoms with Crippen LogP contribution >= 0.6 is 0 Å². The third-order valence-corrected chi connectivity index (χ3v) is 9.02. The Bertz CT molecular complexity index is 960. The van der Waals surface area contributed by atoms with E-state index in [0.29, 0.717) is 6.04 Å². The average Bonchev–Trinajstić information content (AvgIpc) is 3.13. The van der Waals surface area contributed by atoms with Gasteiger partial charge in [-0.3, -0.25) is 9.69 Å². The molecule has 5 fully saturated rings. The van der Waals surface area contributed by atoms with Crippen LogP contribution in [-0.2, 0) is 14.9 Å². The Labute approximate surface area is 171 Å². The number of ether oxygens (including phenoxy) is 2. The van der Waals surface area contributed by atoms with E-state index in [1.54, 1.807) is 7.11 Å². The summed E-state index contributed by atoms with van der Waals surface area (Å²) in [6.45, 7) is 2.94. The van der Waals surface area contributed by atoms with Gasteiger partial charge in [-0.1, -0.05) is 11.6 Å². The zero-order chi connectivity index (χ0) is 20.3. The van der Waals surface area contributed by atoms with Crippen molar-refractivity contribution in [1.29, 1.82) is 0 Å². The fourth-order valence-corrected chi connectivity index (χ4v) is 8.12. The number of aliphatic hydroxyl groups excluding tert-OH is 1. The molecule has 1 aromatic rings. The summed E-state index contributed by atoms with van der Waals surface area (Å²) >= 11 is 0. The van der Waals surface area contributed by atoms with Crippen molar-refractivity contribution in [1.82, 2.24) is 4.90 Å². The predicted octanol–water partition coefficient (Wildman–Crippen LogP) is 1.71. The monoisotopic (exact) mass is 396 g/mol. The highest BCUT2D eigenvalue weighted by molar-refractivity contribution is 5.84. The van der Waals surface area contributed by atoms with E-state index in [-0.39, 0.29) is 24.0 Å². The second kappa shape index (κ2) is 5.35. The minimum absolute atomic E-state index is 0.0131. The van der Waals surface area contributed by atoms with Crippen LogP contribution in [0, 0.1) is 11.3 Å². The summed E-state index contributed by atoms with van der Waals surface area (Å²) in [5.74, 6) is 0.590. The molecule has 1 spiro atoms. The molecular formula is C23H28N2O4. The Morgan fingerprint density at radius 2 is 2.14 bits per heavy atom. The molecule has 1 aromatic carbocycles. The first-order chi connectivity index (χ1) is 14.0. The van der Waals surface area contributed by atoms with Gasteiger partial charge in [0.05, 0.1) is 26.4 Å². The Morgan fingerprint density at radius 3 is 2.83 bits per heavy atom. The summed E-state index contributed by atoms with van der Waals surface area (Å²) in [5, 5.41) is 12.1. The van der Waals surface area contributed by atoms with Crippen LogP contribution in [0.15, 0.2) is 29.8 Å². The first-order valence-electron chi connectivity index (χ1n) is 10.6. The molecule has 5 heterocycles. The van der Waals surface area contributed by atoms with Crippen LogP contribution in [0.4, 0.5) is 5.69 Å². The van der Waals surface area contributed by atoms with Gasteiger partial charge in [0.2, 0.25) is 0 Å². The summed E-state index contributed by atoms with van der Waals surface area (Å²) in [5.41, 5.74) is 2.17. The quantitative estimate of drug-likeness (QED) is 0.607. The highest BCUT2D eigenvalue weighted by atomic mass is 16.5. The number of piperidine rings is 4. The van der Waals surface area contributed by atoms with Crippen LogP contribution < -0.4 is 9.64 Å². The van der Waals surface area contributed by atoms with E-state index in [9.17, 15) is 9.90 Å². The minimum atomic E-state index is -0.897. The molecule has 1 N–H and O–H groups in total. The van der Waals surface area contributed by atoms with Crippen LogP contribution in [-0.4, -0.2) is 68.0 Å². The normalized spacial score (nSPS) is 46.8. The number of benzene rings is 1. The van der Waals surface area contributed by atoms with Gasteiger partial charge in [0.1, 0.15) is 11.2 Å². The van der Waals surface area contributed by atoms with E-state index >= 15 is 0 Å². The molecule has 0 aromatic heterocycles. The summed E-state index contributed by atoms with van der Waals surface area (Å²) in [6.07, 6.45) is 3.03. The molecule has 8 atom stereocenters. The first kappa shape index (κ1) is 17.8. The number of carbonyl (C=O) groups excluding carboxylic acids is 1. The molecule has 0 amide bonds. The number of hydrogen-bond acceptors (Lipinski definition) is 6. The van der Waals surface area contributed by atoms with Crippen LogP contribution in [0.5, 0.6) is 5.75 Å². The van der Waals surface area contributed by atoms with E-state index in [1.807, 2.05) is 13.0 Å². The maximum Gasteiger partial charge on any atom is 0.316 e. The fraction of sp³-hybridized carbons (Fsp3) is 0.609. The molecule has 29 heavy (non-hydrogen) atoms. The summed E-state index contributed by atoms with van der Waals surface area (Å²) in [4.78, 5) is 18.3. The lowest BCUT2D eigenvalue weighted by atomic mass is 9.58. The van der Waals surface area contributed by atoms with Gasteiger partial charge in [0.15, 0.2) is 0 Å². The molecule has 1 unspecified atom stereocenters. The Hall–Kier alpha value is -2.05. The van der Waals surface area contributed by atoms with Gasteiger partial charge in [0.25, 0.3) is 0 Å². The maximum atomic E-state index is 13.4. The zero-order valence-corrected chi connectivity index (χ0v) is 17.4. The molecule has 0 radical (unpaired) electrons. The molecule has 6 nitrogen and oxygen atoms in total. The molecule has 5 bridgehead atoms. The molecule has 4 saturated heterocycles. The van der Waals surface area contributed by atoms with E-state index in [2.05, 4.69) is 35.1 Å². The zero-order valence-electron chi connectivity index (χ0n) is 17.4. The Balaban J connectivity index is 1.65. The van der Waals surface area contributed by atoms with Gasteiger partial charge in [-0.2, -0.15) is 0 Å². The number of methoxy groups -OCH3 is 2. The van der Waals surface area contributed by atoms with Crippen molar-refractivity contribution in [3.63, 3.8) is 0 Å². The van der Waals surface area contributed by atoms with E-state index in [4.69, 9.17) is 9.47 Å². The maximum absolute atomic E-state index is 13.4. The highest BCUT2D eigenvalue weighted by Crippen LogP contribution is 2.72. The van der Waals surface area contributed by atoms with Crippen LogP contribution in [0.3, 0.4) is 0 Å². The van der Waals surface area contributed by atoms with E-state index in [1.165, 1.54) is 12.7 Å². The molecule has 6 heteroatoms. The SMILES string of the molecule is CC=C1CN2[C@H]3C[C@@]45c6cc(OC)ccc6N(C)[C@@H]4[C@@H]2C[C@@H]1[C@]3(C(=O)OC)[C@H]5O. The number of hydrogen-bond donors (Lipinski definition) is 1. The van der Waals surface area contributed by atoms with Crippen molar-refractivity contribution in [2.75, 3.05) is 32.7 Å². The molecule has 154 valence electrons.